The lowest BCUT2D eigenvalue weighted by atomic mass is 10.0. The zero-order valence-corrected chi connectivity index (χ0v) is 19.9. The first-order valence-corrected chi connectivity index (χ1v) is 11.6. The summed E-state index contributed by atoms with van der Waals surface area (Å²) in [4.78, 5) is 47.1. The molecule has 1 aliphatic rings. The molecular formula is C27H26N4O4. The fourth-order valence-electron chi connectivity index (χ4n) is 4.86. The molecule has 0 N–H and O–H groups in total. The molecule has 8 heteroatoms. The molecule has 5 rings (SSSR count). The van der Waals surface area contributed by atoms with Gasteiger partial charge >= 0.3 is 5.69 Å². The van der Waals surface area contributed by atoms with Crippen molar-refractivity contribution in [3.05, 3.63) is 92.3 Å². The van der Waals surface area contributed by atoms with Gasteiger partial charge in [-0.3, -0.25) is 9.59 Å². The molecule has 1 aliphatic heterocycles. The molecule has 0 atom stereocenters. The smallest absolute Gasteiger partial charge is 0.337 e. The summed E-state index contributed by atoms with van der Waals surface area (Å²) in [6.07, 6.45) is 1.71. The summed E-state index contributed by atoms with van der Waals surface area (Å²) in [7, 11) is 1.52. The third-order valence-electron chi connectivity index (χ3n) is 6.45. The van der Waals surface area contributed by atoms with E-state index < -0.39 is 11.2 Å². The van der Waals surface area contributed by atoms with E-state index in [1.807, 2.05) is 38.1 Å². The van der Waals surface area contributed by atoms with Crippen LogP contribution in [-0.2, 0) is 17.8 Å². The lowest BCUT2D eigenvalue weighted by Gasteiger charge is -2.29. The number of methoxy groups -OCH3 is 1. The van der Waals surface area contributed by atoms with Crippen LogP contribution in [0.15, 0.2) is 64.2 Å². The van der Waals surface area contributed by atoms with E-state index >= 15 is 0 Å². The van der Waals surface area contributed by atoms with Crippen molar-refractivity contribution in [2.45, 2.75) is 33.2 Å². The first-order chi connectivity index (χ1) is 16.9. The topological polar surface area (TPSA) is 86.4 Å². The van der Waals surface area contributed by atoms with Crippen LogP contribution in [0.5, 0.6) is 5.75 Å². The molecule has 35 heavy (non-hydrogen) atoms. The van der Waals surface area contributed by atoms with Crippen molar-refractivity contribution in [1.82, 2.24) is 14.1 Å². The van der Waals surface area contributed by atoms with E-state index in [1.54, 1.807) is 35.2 Å². The second-order valence-electron chi connectivity index (χ2n) is 8.74. The lowest BCUT2D eigenvalue weighted by Crippen LogP contribution is -2.46. The van der Waals surface area contributed by atoms with Crippen molar-refractivity contribution in [2.24, 2.45) is 0 Å². The molecular weight excluding hydrogens is 444 g/mol. The van der Waals surface area contributed by atoms with E-state index in [2.05, 4.69) is 4.98 Å². The number of ether oxygens (including phenoxy) is 1. The minimum Gasteiger partial charge on any atom is -0.495 e. The molecule has 4 aromatic rings. The highest BCUT2D eigenvalue weighted by Crippen LogP contribution is 2.27. The Morgan fingerprint density at radius 1 is 1.03 bits per heavy atom. The zero-order valence-electron chi connectivity index (χ0n) is 19.9. The second kappa shape index (κ2) is 8.87. The van der Waals surface area contributed by atoms with Crippen molar-refractivity contribution >= 4 is 22.6 Å². The van der Waals surface area contributed by atoms with Crippen molar-refractivity contribution < 1.29 is 9.53 Å². The van der Waals surface area contributed by atoms with Gasteiger partial charge in [0.25, 0.3) is 5.56 Å². The number of carbonyl (C=O) groups excluding carboxylic acids is 1. The van der Waals surface area contributed by atoms with E-state index in [-0.39, 0.29) is 18.1 Å². The molecule has 0 bridgehead atoms. The van der Waals surface area contributed by atoms with Crippen molar-refractivity contribution in [1.29, 1.82) is 0 Å². The van der Waals surface area contributed by atoms with Gasteiger partial charge in [-0.15, -0.1) is 0 Å². The Morgan fingerprint density at radius 3 is 2.51 bits per heavy atom. The van der Waals surface area contributed by atoms with Crippen LogP contribution in [0.4, 0.5) is 5.69 Å². The van der Waals surface area contributed by atoms with E-state index in [4.69, 9.17) is 4.74 Å². The maximum atomic E-state index is 13.8. The minimum absolute atomic E-state index is 0.244. The number of aromatic nitrogens is 3. The van der Waals surface area contributed by atoms with Crippen LogP contribution in [0, 0.1) is 13.8 Å². The van der Waals surface area contributed by atoms with Gasteiger partial charge in [-0.25, -0.2) is 18.9 Å². The summed E-state index contributed by atoms with van der Waals surface area (Å²) in [5, 5.41) is 0.299. The molecule has 3 heterocycles. The summed E-state index contributed by atoms with van der Waals surface area (Å²) in [5.74, 6) is 0.151. The van der Waals surface area contributed by atoms with Gasteiger partial charge in [-0.2, -0.15) is 0 Å². The fourth-order valence-corrected chi connectivity index (χ4v) is 4.86. The molecule has 0 fully saturated rings. The Bertz CT molecular complexity index is 1580. The summed E-state index contributed by atoms with van der Waals surface area (Å²) < 4.78 is 7.88. The molecule has 0 saturated heterocycles. The number of nitrogens with zero attached hydrogens (tertiary/aromatic N) is 4. The molecule has 0 spiro atoms. The van der Waals surface area contributed by atoms with Gasteiger partial charge < -0.3 is 9.64 Å². The Hall–Kier alpha value is -4.20. The van der Waals surface area contributed by atoms with E-state index in [0.29, 0.717) is 34.6 Å². The predicted octanol–water partition coefficient (Wildman–Crippen LogP) is 3.15. The number of para-hydroxylation sites is 3. The number of carbonyl (C=O) groups is 1. The second-order valence-corrected chi connectivity index (χ2v) is 8.74. The summed E-state index contributed by atoms with van der Waals surface area (Å²) in [5.41, 5.74) is 2.81. The fraction of sp³-hybridized carbons (Fsp3) is 0.259. The summed E-state index contributed by atoms with van der Waals surface area (Å²) >= 11 is 0. The quantitative estimate of drug-likeness (QED) is 0.457. The number of hydrogen-bond donors (Lipinski definition) is 0. The summed E-state index contributed by atoms with van der Waals surface area (Å²) in [6.45, 7) is 3.79. The Morgan fingerprint density at radius 2 is 1.74 bits per heavy atom. The Labute approximate surface area is 202 Å². The third kappa shape index (κ3) is 3.80. The van der Waals surface area contributed by atoms with Gasteiger partial charge in [-0.1, -0.05) is 30.3 Å². The maximum absolute atomic E-state index is 13.8. The number of hydrogen-bond acceptors (Lipinski definition) is 5. The number of anilines is 1. The minimum atomic E-state index is -0.636. The number of pyridine rings is 1. The zero-order chi connectivity index (χ0) is 24.7. The number of amides is 1. The van der Waals surface area contributed by atoms with Gasteiger partial charge in [-0.05, 0) is 62.1 Å². The number of benzene rings is 2. The molecule has 0 saturated carbocycles. The van der Waals surface area contributed by atoms with Gasteiger partial charge in [0.2, 0.25) is 5.91 Å². The van der Waals surface area contributed by atoms with Crippen LogP contribution in [0.1, 0.15) is 23.2 Å². The molecule has 178 valence electrons. The SMILES string of the molecule is COc1ccccc1-n1c(=O)n(CC(=O)N2CCCc3ccccc32)c(=O)c2c(C)cc(C)nc21. The largest absolute Gasteiger partial charge is 0.495 e. The predicted molar refractivity (Wildman–Crippen MR) is 135 cm³/mol. The normalized spacial score (nSPS) is 13.1. The maximum Gasteiger partial charge on any atom is 0.337 e. The molecule has 0 unspecified atom stereocenters. The lowest BCUT2D eigenvalue weighted by molar-refractivity contribution is -0.119. The Balaban J connectivity index is 1.72. The third-order valence-corrected chi connectivity index (χ3v) is 6.45. The van der Waals surface area contributed by atoms with Crippen molar-refractivity contribution in [3.8, 4) is 11.4 Å². The van der Waals surface area contributed by atoms with Gasteiger partial charge in [0.1, 0.15) is 12.3 Å². The van der Waals surface area contributed by atoms with E-state index in [0.717, 1.165) is 28.7 Å². The highest BCUT2D eigenvalue weighted by atomic mass is 16.5. The number of rotatable bonds is 4. The van der Waals surface area contributed by atoms with E-state index in [9.17, 15) is 14.4 Å². The standard InChI is InChI=1S/C27H26N4O4/c1-17-15-18(2)28-25-24(17)26(33)30(27(34)31(25)21-12-6-7-13-22(21)35-3)16-23(32)29-14-8-10-19-9-4-5-11-20(19)29/h4-7,9,11-13,15H,8,10,14,16H2,1-3H3. The van der Waals surface area contributed by atoms with Gasteiger partial charge in [0.15, 0.2) is 5.65 Å². The van der Waals surface area contributed by atoms with Gasteiger partial charge in [0.05, 0.1) is 18.2 Å². The van der Waals surface area contributed by atoms with Crippen molar-refractivity contribution in [2.75, 3.05) is 18.6 Å². The number of aryl methyl sites for hydroxylation is 3. The van der Waals surface area contributed by atoms with Crippen LogP contribution in [-0.4, -0.2) is 33.7 Å². The molecule has 1 amide bonds. The molecule has 0 radical (unpaired) electrons. The average molecular weight is 471 g/mol. The highest BCUT2D eigenvalue weighted by molar-refractivity contribution is 5.94. The van der Waals surface area contributed by atoms with Crippen LogP contribution >= 0.6 is 0 Å². The highest BCUT2D eigenvalue weighted by Gasteiger charge is 2.26. The summed E-state index contributed by atoms with van der Waals surface area (Å²) in [6, 6.07) is 16.6. The average Bonchev–Trinajstić information content (AvgIpc) is 2.86. The van der Waals surface area contributed by atoms with Gasteiger partial charge in [0, 0.05) is 17.9 Å². The van der Waals surface area contributed by atoms with Crippen LogP contribution in [0.25, 0.3) is 16.7 Å². The van der Waals surface area contributed by atoms with Crippen LogP contribution in [0.2, 0.25) is 0 Å². The molecule has 0 aliphatic carbocycles. The van der Waals surface area contributed by atoms with Crippen LogP contribution in [0.3, 0.4) is 0 Å². The monoisotopic (exact) mass is 470 g/mol. The van der Waals surface area contributed by atoms with Crippen LogP contribution < -0.4 is 20.9 Å². The first kappa shape index (κ1) is 22.6. The number of fused-ring (bicyclic) bond motifs is 2. The molecule has 2 aromatic heterocycles. The Kier molecular flexibility index (Phi) is 5.72. The molecule has 2 aromatic carbocycles. The first-order valence-electron chi connectivity index (χ1n) is 11.6. The van der Waals surface area contributed by atoms with E-state index in [1.165, 1.54) is 11.7 Å². The molecule has 8 nitrogen and oxygen atoms in total. The van der Waals surface area contributed by atoms with Crippen molar-refractivity contribution in [3.63, 3.8) is 0 Å².